The number of hydrogen-bond acceptors (Lipinski definition) is 3. The normalized spacial score (nSPS) is 16.8. The van der Waals surface area contributed by atoms with Crippen LogP contribution in [0.3, 0.4) is 0 Å². The van der Waals surface area contributed by atoms with Gasteiger partial charge in [-0.3, -0.25) is 4.90 Å². The molecule has 1 heterocycles. The molecule has 0 amide bonds. The van der Waals surface area contributed by atoms with Crippen LogP contribution in [0.5, 0.6) is 5.75 Å². The van der Waals surface area contributed by atoms with Crippen molar-refractivity contribution in [3.63, 3.8) is 0 Å². The number of rotatable bonds is 4. The Morgan fingerprint density at radius 2 is 1.95 bits per heavy atom. The third kappa shape index (κ3) is 5.08. The lowest BCUT2D eigenvalue weighted by molar-refractivity contribution is 0.181. The zero-order chi connectivity index (χ0) is 13.0. The fourth-order valence-corrected chi connectivity index (χ4v) is 2.78. The predicted octanol–water partition coefficient (Wildman–Crippen LogP) is 3.66. The maximum Gasteiger partial charge on any atom is 0.124 e. The van der Waals surface area contributed by atoms with Gasteiger partial charge in [-0.05, 0) is 32.0 Å². The third-order valence-electron chi connectivity index (χ3n) is 3.42. The molecule has 1 N–H and O–H groups in total. The van der Waals surface area contributed by atoms with E-state index in [0.29, 0.717) is 12.6 Å². The van der Waals surface area contributed by atoms with Crippen LogP contribution in [0.4, 0.5) is 0 Å². The van der Waals surface area contributed by atoms with E-state index in [4.69, 9.17) is 4.74 Å². The molecule has 1 aromatic rings. The van der Waals surface area contributed by atoms with Crippen molar-refractivity contribution >= 4 is 40.7 Å². The maximum absolute atomic E-state index is 5.74. The lowest BCUT2D eigenvalue weighted by Crippen LogP contribution is -2.44. The summed E-state index contributed by atoms with van der Waals surface area (Å²) in [5.41, 5.74) is 1.27. The van der Waals surface area contributed by atoms with E-state index in [-0.39, 0.29) is 24.8 Å². The van der Waals surface area contributed by atoms with Crippen LogP contribution in [0.2, 0.25) is 0 Å². The average molecular weight is 386 g/mol. The average Bonchev–Trinajstić information content (AvgIpc) is 2.41. The topological polar surface area (TPSA) is 24.5 Å². The van der Waals surface area contributed by atoms with E-state index < -0.39 is 0 Å². The monoisotopic (exact) mass is 384 g/mol. The van der Waals surface area contributed by atoms with E-state index in [1.54, 1.807) is 0 Å². The van der Waals surface area contributed by atoms with E-state index in [1.165, 1.54) is 5.56 Å². The highest BCUT2D eigenvalue weighted by Crippen LogP contribution is 2.32. The van der Waals surface area contributed by atoms with Gasteiger partial charge in [0.15, 0.2) is 0 Å². The minimum absolute atomic E-state index is 0. The number of piperazine rings is 1. The number of ether oxygens (including phenoxy) is 1. The molecule has 0 bridgehead atoms. The number of hydrogen-bond donors (Lipinski definition) is 1. The first-order valence-electron chi connectivity index (χ1n) is 6.59. The number of halogens is 3. The third-order valence-corrected chi connectivity index (χ3v) is 3.91. The Kier molecular flexibility index (Phi) is 9.85. The van der Waals surface area contributed by atoms with Gasteiger partial charge in [0.1, 0.15) is 5.75 Å². The molecule has 1 aromatic carbocycles. The highest BCUT2D eigenvalue weighted by molar-refractivity contribution is 9.10. The predicted molar refractivity (Wildman–Crippen MR) is 92.7 cm³/mol. The van der Waals surface area contributed by atoms with Crippen LogP contribution >= 0.6 is 40.7 Å². The molecule has 116 valence electrons. The SMILES string of the molecule is CCOc1ccc(Br)cc1[C@H](C)N1CCNCC1.Cl.Cl. The number of nitrogens with zero attached hydrogens (tertiary/aromatic N) is 1. The standard InChI is InChI=1S/C14H21BrN2O.2ClH/c1-3-18-14-5-4-12(15)10-13(14)11(2)17-8-6-16-7-9-17;;/h4-5,10-11,16H,3,6-9H2,1-2H3;2*1H/t11-;;/m0../s1. The second-order valence-corrected chi connectivity index (χ2v) is 5.49. The van der Waals surface area contributed by atoms with Gasteiger partial charge in [0.2, 0.25) is 0 Å². The van der Waals surface area contributed by atoms with Gasteiger partial charge < -0.3 is 10.1 Å². The Balaban J connectivity index is 0.00000180. The summed E-state index contributed by atoms with van der Waals surface area (Å²) in [5.74, 6) is 1.01. The van der Waals surface area contributed by atoms with E-state index >= 15 is 0 Å². The molecule has 1 atom stereocenters. The van der Waals surface area contributed by atoms with Gasteiger partial charge in [0.05, 0.1) is 6.61 Å². The van der Waals surface area contributed by atoms with Crippen LogP contribution < -0.4 is 10.1 Å². The van der Waals surface area contributed by atoms with Crippen molar-refractivity contribution in [3.8, 4) is 5.75 Å². The fraction of sp³-hybridized carbons (Fsp3) is 0.571. The fourth-order valence-electron chi connectivity index (χ4n) is 2.40. The van der Waals surface area contributed by atoms with E-state index in [2.05, 4.69) is 45.2 Å². The summed E-state index contributed by atoms with van der Waals surface area (Å²) in [5, 5.41) is 3.39. The van der Waals surface area contributed by atoms with Crippen LogP contribution in [0.1, 0.15) is 25.5 Å². The van der Waals surface area contributed by atoms with Gasteiger partial charge >= 0.3 is 0 Å². The lowest BCUT2D eigenvalue weighted by Gasteiger charge is -2.33. The lowest BCUT2D eigenvalue weighted by atomic mass is 10.0. The molecular formula is C14H23BrCl2N2O. The van der Waals surface area contributed by atoms with Crippen molar-refractivity contribution in [2.24, 2.45) is 0 Å². The number of benzene rings is 1. The number of nitrogens with one attached hydrogen (secondary N) is 1. The highest BCUT2D eigenvalue weighted by Gasteiger charge is 2.21. The summed E-state index contributed by atoms with van der Waals surface area (Å²) in [6, 6.07) is 6.67. The summed E-state index contributed by atoms with van der Waals surface area (Å²) in [6.07, 6.45) is 0. The molecule has 0 saturated carbocycles. The minimum Gasteiger partial charge on any atom is -0.494 e. The Morgan fingerprint density at radius 1 is 1.30 bits per heavy atom. The van der Waals surface area contributed by atoms with Gasteiger partial charge in [-0.2, -0.15) is 0 Å². The van der Waals surface area contributed by atoms with Crippen molar-refractivity contribution in [2.45, 2.75) is 19.9 Å². The zero-order valence-corrected chi connectivity index (χ0v) is 15.1. The molecule has 1 saturated heterocycles. The summed E-state index contributed by atoms with van der Waals surface area (Å²) in [4.78, 5) is 2.50. The van der Waals surface area contributed by atoms with Gasteiger partial charge in [-0.15, -0.1) is 24.8 Å². The van der Waals surface area contributed by atoms with Crippen LogP contribution in [-0.4, -0.2) is 37.7 Å². The van der Waals surface area contributed by atoms with E-state index in [0.717, 1.165) is 36.4 Å². The summed E-state index contributed by atoms with van der Waals surface area (Å²) >= 11 is 3.55. The molecule has 0 spiro atoms. The van der Waals surface area contributed by atoms with Gasteiger partial charge in [0.25, 0.3) is 0 Å². The van der Waals surface area contributed by atoms with Crippen LogP contribution in [-0.2, 0) is 0 Å². The van der Waals surface area contributed by atoms with Gasteiger partial charge in [-0.1, -0.05) is 15.9 Å². The molecule has 2 rings (SSSR count). The second kappa shape index (κ2) is 9.85. The van der Waals surface area contributed by atoms with Crippen molar-refractivity contribution in [2.75, 3.05) is 32.8 Å². The first-order chi connectivity index (χ1) is 8.72. The van der Waals surface area contributed by atoms with Gasteiger partial charge in [0, 0.05) is 42.3 Å². The molecule has 3 nitrogen and oxygen atoms in total. The maximum atomic E-state index is 5.74. The quantitative estimate of drug-likeness (QED) is 0.855. The molecule has 0 radical (unpaired) electrons. The van der Waals surface area contributed by atoms with Crippen LogP contribution in [0.25, 0.3) is 0 Å². The first-order valence-corrected chi connectivity index (χ1v) is 7.38. The van der Waals surface area contributed by atoms with Crippen molar-refractivity contribution in [1.29, 1.82) is 0 Å². The summed E-state index contributed by atoms with van der Waals surface area (Å²) in [6.45, 7) is 9.34. The van der Waals surface area contributed by atoms with Gasteiger partial charge in [-0.25, -0.2) is 0 Å². The van der Waals surface area contributed by atoms with Crippen LogP contribution in [0, 0.1) is 0 Å². The Hall–Kier alpha value is -0.000000000000000222. The Morgan fingerprint density at radius 3 is 2.55 bits per heavy atom. The van der Waals surface area contributed by atoms with Crippen molar-refractivity contribution in [1.82, 2.24) is 10.2 Å². The summed E-state index contributed by atoms with van der Waals surface area (Å²) in [7, 11) is 0. The highest BCUT2D eigenvalue weighted by atomic mass is 79.9. The van der Waals surface area contributed by atoms with Crippen molar-refractivity contribution < 1.29 is 4.74 Å². The van der Waals surface area contributed by atoms with E-state index in [9.17, 15) is 0 Å². The molecule has 0 aromatic heterocycles. The molecule has 1 aliphatic rings. The molecule has 1 fully saturated rings. The smallest absolute Gasteiger partial charge is 0.124 e. The molecule has 0 unspecified atom stereocenters. The first kappa shape index (κ1) is 20.0. The minimum atomic E-state index is 0. The van der Waals surface area contributed by atoms with Crippen molar-refractivity contribution in [3.05, 3.63) is 28.2 Å². The van der Waals surface area contributed by atoms with Crippen LogP contribution in [0.15, 0.2) is 22.7 Å². The second-order valence-electron chi connectivity index (χ2n) is 4.58. The Labute approximate surface area is 142 Å². The summed E-state index contributed by atoms with van der Waals surface area (Å²) < 4.78 is 6.85. The molecular weight excluding hydrogens is 363 g/mol. The molecule has 6 heteroatoms. The van der Waals surface area contributed by atoms with E-state index in [1.807, 2.05) is 13.0 Å². The molecule has 20 heavy (non-hydrogen) atoms. The Bertz CT molecular complexity index is 401. The largest absolute Gasteiger partial charge is 0.494 e. The zero-order valence-electron chi connectivity index (χ0n) is 11.9. The molecule has 0 aliphatic carbocycles. The molecule has 1 aliphatic heterocycles.